The van der Waals surface area contributed by atoms with Crippen LogP contribution in [-0.4, -0.2) is 16.9 Å². The number of benzene rings is 2. The molecular weight excluding hydrogens is 363 g/mol. The van der Waals surface area contributed by atoms with Crippen LogP contribution in [0.3, 0.4) is 0 Å². The van der Waals surface area contributed by atoms with E-state index in [1.165, 1.54) is 12.1 Å². The summed E-state index contributed by atoms with van der Waals surface area (Å²) in [6.07, 6.45) is 2.41. The molecular formula is C20H19FN4OS. The molecule has 3 N–H and O–H groups in total. The van der Waals surface area contributed by atoms with Gasteiger partial charge < -0.3 is 5.32 Å². The summed E-state index contributed by atoms with van der Waals surface area (Å²) in [4.78, 5) is 17.9. The molecule has 4 rings (SSSR count). The number of hydrazine groups is 1. The zero-order chi connectivity index (χ0) is 18.6. The molecule has 2 heterocycles. The largest absolute Gasteiger partial charge is 0.350 e. The molecule has 0 bridgehead atoms. The molecule has 1 aliphatic heterocycles. The van der Waals surface area contributed by atoms with Gasteiger partial charge in [0.05, 0.1) is 6.54 Å². The average molecular weight is 382 g/mol. The van der Waals surface area contributed by atoms with E-state index >= 15 is 0 Å². The quantitative estimate of drug-likeness (QED) is 0.634. The Morgan fingerprint density at radius 1 is 1.15 bits per heavy atom. The second-order valence-corrected chi connectivity index (χ2v) is 7.51. The van der Waals surface area contributed by atoms with Crippen molar-refractivity contribution < 1.29 is 9.18 Å². The molecule has 0 aliphatic carbocycles. The number of thiazole rings is 1. The molecule has 7 heteroatoms. The van der Waals surface area contributed by atoms with Gasteiger partial charge in [-0.05, 0) is 24.1 Å². The smallest absolute Gasteiger partial charge is 0.238 e. The van der Waals surface area contributed by atoms with E-state index in [9.17, 15) is 9.18 Å². The normalized spacial score (nSPS) is 19.1. The molecule has 138 valence electrons. The summed E-state index contributed by atoms with van der Waals surface area (Å²) >= 11 is 1.57. The number of halogens is 1. The second-order valence-electron chi connectivity index (χ2n) is 6.40. The van der Waals surface area contributed by atoms with Gasteiger partial charge in [-0.25, -0.2) is 20.2 Å². The topological polar surface area (TPSA) is 66.0 Å². The van der Waals surface area contributed by atoms with Crippen LogP contribution in [0.15, 0.2) is 60.8 Å². The number of amides is 1. The maximum absolute atomic E-state index is 13.0. The van der Waals surface area contributed by atoms with Crippen molar-refractivity contribution >= 4 is 17.2 Å². The third-order valence-corrected chi connectivity index (χ3v) is 5.55. The first-order valence-corrected chi connectivity index (χ1v) is 9.55. The summed E-state index contributed by atoms with van der Waals surface area (Å²) in [5, 5.41) is 3.90. The number of nitrogens with zero attached hydrogens (tertiary/aromatic N) is 1. The highest BCUT2D eigenvalue weighted by Gasteiger charge is 2.30. The second kappa shape index (κ2) is 7.96. The molecule has 1 aliphatic rings. The molecule has 5 nitrogen and oxygen atoms in total. The van der Waals surface area contributed by atoms with E-state index in [1.54, 1.807) is 29.7 Å². The van der Waals surface area contributed by atoms with Gasteiger partial charge >= 0.3 is 0 Å². The molecule has 2 atom stereocenters. The molecule has 1 aromatic heterocycles. The summed E-state index contributed by atoms with van der Waals surface area (Å²) in [5.41, 5.74) is 8.15. The van der Waals surface area contributed by atoms with Crippen LogP contribution in [0.2, 0.25) is 0 Å². The Labute approximate surface area is 160 Å². The van der Waals surface area contributed by atoms with Gasteiger partial charge in [-0.2, -0.15) is 0 Å². The van der Waals surface area contributed by atoms with Crippen LogP contribution in [0.25, 0.3) is 10.6 Å². The van der Waals surface area contributed by atoms with Crippen LogP contribution < -0.4 is 16.2 Å². The molecule has 2 aromatic carbocycles. The molecule has 0 saturated carbocycles. The van der Waals surface area contributed by atoms with E-state index in [4.69, 9.17) is 0 Å². The van der Waals surface area contributed by atoms with Gasteiger partial charge in [0.15, 0.2) is 0 Å². The Morgan fingerprint density at radius 3 is 2.70 bits per heavy atom. The average Bonchev–Trinajstić information content (AvgIpc) is 3.37. The molecule has 0 radical (unpaired) electrons. The van der Waals surface area contributed by atoms with Crippen LogP contribution in [0.4, 0.5) is 4.39 Å². The highest BCUT2D eigenvalue weighted by Crippen LogP contribution is 2.25. The Morgan fingerprint density at radius 2 is 1.93 bits per heavy atom. The molecule has 3 aromatic rings. The minimum atomic E-state index is -0.332. The van der Waals surface area contributed by atoms with Gasteiger partial charge in [-0.1, -0.05) is 42.5 Å². The number of hydrogen-bond acceptors (Lipinski definition) is 5. The minimum Gasteiger partial charge on any atom is -0.350 e. The van der Waals surface area contributed by atoms with Crippen molar-refractivity contribution in [3.8, 4) is 10.6 Å². The van der Waals surface area contributed by atoms with Crippen LogP contribution in [0.1, 0.15) is 22.9 Å². The van der Waals surface area contributed by atoms with E-state index in [0.29, 0.717) is 13.0 Å². The summed E-state index contributed by atoms with van der Waals surface area (Å²) in [6, 6.07) is 15.9. The van der Waals surface area contributed by atoms with Crippen molar-refractivity contribution in [2.24, 2.45) is 0 Å². The Kier molecular flexibility index (Phi) is 5.24. The first-order valence-electron chi connectivity index (χ1n) is 8.73. The van der Waals surface area contributed by atoms with E-state index in [-0.39, 0.29) is 23.8 Å². The lowest BCUT2D eigenvalue weighted by Crippen LogP contribution is -2.42. The van der Waals surface area contributed by atoms with Gasteiger partial charge in [0.2, 0.25) is 5.91 Å². The summed E-state index contributed by atoms with van der Waals surface area (Å²) in [5.74, 6) is -0.333. The first kappa shape index (κ1) is 17.8. The van der Waals surface area contributed by atoms with Crippen molar-refractivity contribution in [3.63, 3.8) is 0 Å². The van der Waals surface area contributed by atoms with E-state index in [2.05, 4.69) is 21.2 Å². The molecule has 1 fully saturated rings. The van der Waals surface area contributed by atoms with Crippen molar-refractivity contribution in [3.05, 3.63) is 77.1 Å². The zero-order valence-electron chi connectivity index (χ0n) is 14.5. The predicted molar refractivity (Wildman–Crippen MR) is 103 cm³/mol. The lowest BCUT2D eigenvalue weighted by molar-refractivity contribution is -0.123. The van der Waals surface area contributed by atoms with Crippen LogP contribution in [0.5, 0.6) is 0 Å². The fourth-order valence-electron chi connectivity index (χ4n) is 3.04. The Balaban J connectivity index is 1.31. The van der Waals surface area contributed by atoms with Gasteiger partial charge in [-0.15, -0.1) is 11.3 Å². The Hall–Kier alpha value is -2.61. The number of nitrogens with one attached hydrogen (secondary N) is 3. The van der Waals surface area contributed by atoms with Crippen molar-refractivity contribution in [2.45, 2.75) is 25.0 Å². The standard InChI is InChI=1S/C20H19FN4OS/c21-15-8-6-13(7-9-15)17-10-18(25-24-17)19(26)22-11-16-12-23-20(27-16)14-4-2-1-3-5-14/h1-9,12,17-18,24-25H,10-11H2,(H,22,26). The lowest BCUT2D eigenvalue weighted by Gasteiger charge is -2.10. The summed E-state index contributed by atoms with van der Waals surface area (Å²) in [6.45, 7) is 0.447. The van der Waals surface area contributed by atoms with Crippen LogP contribution >= 0.6 is 11.3 Å². The maximum atomic E-state index is 13.0. The zero-order valence-corrected chi connectivity index (χ0v) is 15.3. The van der Waals surface area contributed by atoms with Gasteiger partial charge in [0.1, 0.15) is 16.9 Å². The SMILES string of the molecule is O=C(NCc1cnc(-c2ccccc2)s1)C1CC(c2ccc(F)cc2)NN1. The maximum Gasteiger partial charge on any atom is 0.238 e. The highest BCUT2D eigenvalue weighted by atomic mass is 32.1. The van der Waals surface area contributed by atoms with E-state index < -0.39 is 0 Å². The highest BCUT2D eigenvalue weighted by molar-refractivity contribution is 7.15. The number of carbonyl (C=O) groups excluding carboxylic acids is 1. The fraction of sp³-hybridized carbons (Fsp3) is 0.200. The van der Waals surface area contributed by atoms with Crippen molar-refractivity contribution in [2.75, 3.05) is 0 Å². The van der Waals surface area contributed by atoms with Crippen molar-refractivity contribution in [1.29, 1.82) is 0 Å². The van der Waals surface area contributed by atoms with E-state index in [1.807, 2.05) is 30.3 Å². The molecule has 27 heavy (non-hydrogen) atoms. The number of aromatic nitrogens is 1. The van der Waals surface area contributed by atoms with Crippen molar-refractivity contribution in [1.82, 2.24) is 21.2 Å². The number of carbonyl (C=O) groups is 1. The molecule has 2 unspecified atom stereocenters. The fourth-order valence-corrected chi connectivity index (χ4v) is 3.90. The number of rotatable bonds is 5. The molecule has 0 spiro atoms. The van der Waals surface area contributed by atoms with E-state index in [0.717, 1.165) is 21.0 Å². The predicted octanol–water partition coefficient (Wildman–Crippen LogP) is 3.17. The van der Waals surface area contributed by atoms with Gasteiger partial charge in [0, 0.05) is 22.7 Å². The lowest BCUT2D eigenvalue weighted by atomic mass is 10.0. The number of hydrogen-bond donors (Lipinski definition) is 3. The Bertz CT molecular complexity index is 913. The van der Waals surface area contributed by atoms with Gasteiger partial charge in [0.25, 0.3) is 0 Å². The van der Waals surface area contributed by atoms with Crippen LogP contribution in [0, 0.1) is 5.82 Å². The summed E-state index contributed by atoms with van der Waals surface area (Å²) < 4.78 is 13.0. The monoisotopic (exact) mass is 382 g/mol. The van der Waals surface area contributed by atoms with Crippen LogP contribution in [-0.2, 0) is 11.3 Å². The summed E-state index contributed by atoms with van der Waals surface area (Å²) in [7, 11) is 0. The van der Waals surface area contributed by atoms with Gasteiger partial charge in [-0.3, -0.25) is 4.79 Å². The molecule has 1 saturated heterocycles. The molecule has 1 amide bonds. The third kappa shape index (κ3) is 4.21. The minimum absolute atomic E-state index is 0.0190. The third-order valence-electron chi connectivity index (χ3n) is 4.50. The first-order chi connectivity index (χ1) is 13.2.